The quantitative estimate of drug-likeness (QED) is 0.857. The average Bonchev–Trinajstić information content (AvgIpc) is 2.98. The number of carbonyl (C=O) groups excluding carboxylic acids is 1. The Bertz CT molecular complexity index is 497. The summed E-state index contributed by atoms with van der Waals surface area (Å²) >= 11 is 0. The minimum absolute atomic E-state index is 0.0686. The number of nitrogens with zero attached hydrogens (tertiary/aromatic N) is 2. The summed E-state index contributed by atoms with van der Waals surface area (Å²) in [6.07, 6.45) is 4.82. The molecule has 0 bridgehead atoms. The van der Waals surface area contributed by atoms with Crippen LogP contribution in [0.5, 0.6) is 0 Å². The van der Waals surface area contributed by atoms with E-state index in [0.29, 0.717) is 5.56 Å². The summed E-state index contributed by atoms with van der Waals surface area (Å²) < 4.78 is 1.69. The van der Waals surface area contributed by atoms with E-state index in [1.54, 1.807) is 10.9 Å². The molecule has 1 saturated carbocycles. The predicted molar refractivity (Wildman–Crippen MR) is 68.8 cm³/mol. The fourth-order valence-corrected chi connectivity index (χ4v) is 1.84. The molecule has 6 nitrogen and oxygen atoms in total. The number of aliphatic carboxylic acids is 1. The van der Waals surface area contributed by atoms with E-state index >= 15 is 0 Å². The maximum Gasteiger partial charge on any atom is 0.326 e. The van der Waals surface area contributed by atoms with Gasteiger partial charge in [0.15, 0.2) is 0 Å². The van der Waals surface area contributed by atoms with Crippen LogP contribution in [0.1, 0.15) is 44.0 Å². The van der Waals surface area contributed by atoms with E-state index in [1.165, 1.54) is 6.20 Å². The Hall–Kier alpha value is -1.85. The molecule has 1 unspecified atom stereocenters. The van der Waals surface area contributed by atoms with Crippen LogP contribution in [-0.2, 0) is 10.3 Å². The minimum Gasteiger partial charge on any atom is -0.480 e. The van der Waals surface area contributed by atoms with Crippen molar-refractivity contribution >= 4 is 11.9 Å². The Kier molecular flexibility index (Phi) is 3.34. The van der Waals surface area contributed by atoms with Gasteiger partial charge in [0.25, 0.3) is 5.91 Å². The van der Waals surface area contributed by atoms with Crippen LogP contribution < -0.4 is 5.32 Å². The van der Waals surface area contributed by atoms with Gasteiger partial charge in [0.1, 0.15) is 6.04 Å². The molecule has 1 amide bonds. The summed E-state index contributed by atoms with van der Waals surface area (Å²) in [6.45, 7) is 5.93. The molecule has 6 heteroatoms. The maximum absolute atomic E-state index is 12.0. The Balaban J connectivity index is 2.07. The van der Waals surface area contributed by atoms with Gasteiger partial charge in [-0.1, -0.05) is 0 Å². The Morgan fingerprint density at radius 3 is 2.53 bits per heavy atom. The van der Waals surface area contributed by atoms with E-state index in [1.807, 2.05) is 20.8 Å². The molecule has 1 atom stereocenters. The first kappa shape index (κ1) is 13.6. The molecule has 1 aliphatic carbocycles. The zero-order valence-electron chi connectivity index (χ0n) is 11.4. The van der Waals surface area contributed by atoms with Gasteiger partial charge in [-0.25, -0.2) is 4.79 Å². The first-order valence-corrected chi connectivity index (χ1v) is 6.38. The second-order valence-corrected chi connectivity index (χ2v) is 5.97. The lowest BCUT2D eigenvalue weighted by molar-refractivity contribution is -0.139. The number of carbonyl (C=O) groups is 2. The van der Waals surface area contributed by atoms with Crippen LogP contribution >= 0.6 is 0 Å². The van der Waals surface area contributed by atoms with Gasteiger partial charge in [-0.05, 0) is 39.5 Å². The minimum atomic E-state index is -0.973. The summed E-state index contributed by atoms with van der Waals surface area (Å²) in [5, 5.41) is 15.8. The van der Waals surface area contributed by atoms with Crippen molar-refractivity contribution < 1.29 is 14.7 Å². The average molecular weight is 265 g/mol. The highest BCUT2D eigenvalue weighted by molar-refractivity contribution is 5.96. The summed E-state index contributed by atoms with van der Waals surface area (Å²) in [5.41, 5.74) is 0.183. The SMILES string of the molecule is CC(C)(C)n1cc(C(=O)NC(C(=O)O)C2CC2)cn1. The molecule has 0 saturated heterocycles. The molecule has 1 aromatic heterocycles. The monoisotopic (exact) mass is 265 g/mol. The standard InChI is InChI=1S/C13H19N3O3/c1-13(2,3)16-7-9(6-14-16)11(17)15-10(12(18)19)8-4-5-8/h6-8,10H,4-5H2,1-3H3,(H,15,17)(H,18,19). The third-order valence-corrected chi connectivity index (χ3v) is 3.18. The van der Waals surface area contributed by atoms with Crippen molar-refractivity contribution in [2.24, 2.45) is 5.92 Å². The van der Waals surface area contributed by atoms with Crippen LogP contribution in [0.15, 0.2) is 12.4 Å². The van der Waals surface area contributed by atoms with Gasteiger partial charge in [-0.3, -0.25) is 9.48 Å². The molecule has 2 rings (SSSR count). The highest BCUT2D eigenvalue weighted by Gasteiger charge is 2.37. The van der Waals surface area contributed by atoms with Crippen molar-refractivity contribution in [3.8, 4) is 0 Å². The van der Waals surface area contributed by atoms with E-state index in [9.17, 15) is 9.59 Å². The Labute approximate surface area is 111 Å². The summed E-state index contributed by atoms with van der Waals surface area (Å²) in [6, 6.07) is -0.787. The van der Waals surface area contributed by atoms with E-state index in [-0.39, 0.29) is 17.4 Å². The molecule has 104 valence electrons. The summed E-state index contributed by atoms with van der Waals surface area (Å²) in [7, 11) is 0. The van der Waals surface area contributed by atoms with E-state index < -0.39 is 12.0 Å². The fraction of sp³-hybridized carbons (Fsp3) is 0.615. The molecule has 0 radical (unpaired) electrons. The van der Waals surface area contributed by atoms with Gasteiger partial charge in [0.2, 0.25) is 0 Å². The Morgan fingerprint density at radius 1 is 1.47 bits per heavy atom. The number of rotatable bonds is 4. The molecule has 0 aromatic carbocycles. The third-order valence-electron chi connectivity index (χ3n) is 3.18. The molecular formula is C13H19N3O3. The van der Waals surface area contributed by atoms with E-state index in [4.69, 9.17) is 5.11 Å². The predicted octanol–water partition coefficient (Wildman–Crippen LogP) is 1.23. The highest BCUT2D eigenvalue weighted by Crippen LogP contribution is 2.32. The lowest BCUT2D eigenvalue weighted by Gasteiger charge is -2.18. The van der Waals surface area contributed by atoms with Crippen LogP contribution in [0.3, 0.4) is 0 Å². The van der Waals surface area contributed by atoms with Crippen molar-refractivity contribution in [3.05, 3.63) is 18.0 Å². The zero-order valence-corrected chi connectivity index (χ0v) is 11.4. The fourth-order valence-electron chi connectivity index (χ4n) is 1.84. The lowest BCUT2D eigenvalue weighted by atomic mass is 10.1. The summed E-state index contributed by atoms with van der Waals surface area (Å²) in [4.78, 5) is 23.1. The number of carboxylic acids is 1. The van der Waals surface area contributed by atoms with Gasteiger partial charge >= 0.3 is 5.97 Å². The van der Waals surface area contributed by atoms with Crippen LogP contribution in [0, 0.1) is 5.92 Å². The first-order valence-electron chi connectivity index (χ1n) is 6.38. The molecule has 1 heterocycles. The molecule has 1 aromatic rings. The third kappa shape index (κ3) is 3.13. The van der Waals surface area contributed by atoms with Crippen LogP contribution in [0.2, 0.25) is 0 Å². The van der Waals surface area contributed by atoms with Gasteiger partial charge in [0, 0.05) is 6.20 Å². The number of nitrogens with one attached hydrogen (secondary N) is 1. The van der Waals surface area contributed by atoms with Crippen LogP contribution in [-0.4, -0.2) is 32.8 Å². The number of amides is 1. The van der Waals surface area contributed by atoms with Crippen molar-refractivity contribution in [3.63, 3.8) is 0 Å². The number of carboxylic acid groups (broad SMARTS) is 1. The van der Waals surface area contributed by atoms with Crippen molar-refractivity contribution in [1.82, 2.24) is 15.1 Å². The normalized spacial score (nSPS) is 17.0. The molecule has 0 aliphatic heterocycles. The highest BCUT2D eigenvalue weighted by atomic mass is 16.4. The maximum atomic E-state index is 12.0. The van der Waals surface area contributed by atoms with E-state index in [0.717, 1.165) is 12.8 Å². The van der Waals surface area contributed by atoms with Crippen LogP contribution in [0.25, 0.3) is 0 Å². The van der Waals surface area contributed by atoms with Gasteiger partial charge in [0.05, 0.1) is 17.3 Å². The number of hydrogen-bond donors (Lipinski definition) is 2. The van der Waals surface area contributed by atoms with Crippen molar-refractivity contribution in [2.45, 2.75) is 45.2 Å². The van der Waals surface area contributed by atoms with Crippen molar-refractivity contribution in [2.75, 3.05) is 0 Å². The summed E-state index contributed by atoms with van der Waals surface area (Å²) in [5.74, 6) is -1.28. The molecule has 1 aliphatic rings. The van der Waals surface area contributed by atoms with Gasteiger partial charge in [-0.15, -0.1) is 0 Å². The second kappa shape index (κ2) is 4.68. The molecule has 2 N–H and O–H groups in total. The van der Waals surface area contributed by atoms with Crippen LogP contribution in [0.4, 0.5) is 0 Å². The number of hydrogen-bond acceptors (Lipinski definition) is 3. The van der Waals surface area contributed by atoms with Gasteiger partial charge in [-0.2, -0.15) is 5.10 Å². The molecule has 19 heavy (non-hydrogen) atoms. The largest absolute Gasteiger partial charge is 0.480 e. The molecular weight excluding hydrogens is 246 g/mol. The number of aromatic nitrogens is 2. The second-order valence-electron chi connectivity index (χ2n) is 5.97. The Morgan fingerprint density at radius 2 is 2.11 bits per heavy atom. The van der Waals surface area contributed by atoms with E-state index in [2.05, 4.69) is 10.4 Å². The van der Waals surface area contributed by atoms with Gasteiger partial charge < -0.3 is 10.4 Å². The molecule has 0 spiro atoms. The smallest absolute Gasteiger partial charge is 0.326 e. The van der Waals surface area contributed by atoms with Crippen molar-refractivity contribution in [1.29, 1.82) is 0 Å². The lowest BCUT2D eigenvalue weighted by Crippen LogP contribution is -2.42. The zero-order chi connectivity index (χ0) is 14.2. The first-order chi connectivity index (χ1) is 8.79. The topological polar surface area (TPSA) is 84.2 Å². The molecule has 1 fully saturated rings.